The van der Waals surface area contributed by atoms with E-state index in [0.717, 1.165) is 5.75 Å². The lowest BCUT2D eigenvalue weighted by molar-refractivity contribution is 0.0839. The van der Waals surface area contributed by atoms with Gasteiger partial charge in [-0.15, -0.1) is 0 Å². The molecule has 1 aliphatic rings. The lowest BCUT2D eigenvalue weighted by Gasteiger charge is -2.34. The fourth-order valence-electron chi connectivity index (χ4n) is 4.19. The number of aromatic amines is 1. The van der Waals surface area contributed by atoms with Crippen LogP contribution >= 0.6 is 0 Å². The summed E-state index contributed by atoms with van der Waals surface area (Å²) in [7, 11) is 3.34. The van der Waals surface area contributed by atoms with Crippen LogP contribution < -0.4 is 10.3 Å². The van der Waals surface area contributed by atoms with Gasteiger partial charge in [-0.2, -0.15) is 0 Å². The third kappa shape index (κ3) is 5.05. The Bertz CT molecular complexity index is 1200. The number of hydrogen-bond donors (Lipinski definition) is 1. The summed E-state index contributed by atoms with van der Waals surface area (Å²) >= 11 is 0. The predicted molar refractivity (Wildman–Crippen MR) is 126 cm³/mol. The molecule has 3 aromatic rings. The van der Waals surface area contributed by atoms with E-state index in [9.17, 15) is 14.4 Å². The standard InChI is InChI=1S/C25H28N4O4/c1-28(14-13-22-26-21-6-4-3-5-20(21)24(31)27-22)25(32)29-15-11-18(12-16-29)23(30)17-7-9-19(33-2)10-8-17/h3-10,18H,11-16H2,1-2H3,(H,26,27,31). The summed E-state index contributed by atoms with van der Waals surface area (Å²) in [6.07, 6.45) is 1.74. The average Bonchev–Trinajstić information content (AvgIpc) is 2.86. The second-order valence-electron chi connectivity index (χ2n) is 8.34. The largest absolute Gasteiger partial charge is 0.497 e. The van der Waals surface area contributed by atoms with Gasteiger partial charge in [-0.25, -0.2) is 9.78 Å². The highest BCUT2D eigenvalue weighted by atomic mass is 16.5. The SMILES string of the molecule is COc1ccc(C(=O)C2CCN(C(=O)N(C)CCc3nc4ccccc4c(=O)[nH]3)CC2)cc1. The number of nitrogens with zero attached hydrogens (tertiary/aromatic N) is 3. The second-order valence-corrected chi connectivity index (χ2v) is 8.34. The van der Waals surface area contributed by atoms with Crippen molar-refractivity contribution in [2.75, 3.05) is 33.8 Å². The maximum Gasteiger partial charge on any atom is 0.319 e. The topological polar surface area (TPSA) is 95.6 Å². The molecule has 0 bridgehead atoms. The summed E-state index contributed by atoms with van der Waals surface area (Å²) in [5.74, 6) is 1.31. The van der Waals surface area contributed by atoms with Gasteiger partial charge < -0.3 is 19.5 Å². The van der Waals surface area contributed by atoms with Crippen LogP contribution in [0, 0.1) is 5.92 Å². The zero-order valence-electron chi connectivity index (χ0n) is 18.9. The monoisotopic (exact) mass is 448 g/mol. The van der Waals surface area contributed by atoms with Gasteiger partial charge in [0.15, 0.2) is 5.78 Å². The number of methoxy groups -OCH3 is 1. The molecule has 33 heavy (non-hydrogen) atoms. The fourth-order valence-corrected chi connectivity index (χ4v) is 4.19. The van der Waals surface area contributed by atoms with Gasteiger partial charge in [0.2, 0.25) is 0 Å². The summed E-state index contributed by atoms with van der Waals surface area (Å²) < 4.78 is 5.15. The number of carbonyl (C=O) groups excluding carboxylic acids is 2. The van der Waals surface area contributed by atoms with Crippen LogP contribution in [0.1, 0.15) is 29.0 Å². The van der Waals surface area contributed by atoms with Gasteiger partial charge in [-0.05, 0) is 49.2 Å². The molecular weight excluding hydrogens is 420 g/mol. The van der Waals surface area contributed by atoms with Crippen LogP contribution in [0.4, 0.5) is 4.79 Å². The van der Waals surface area contributed by atoms with Gasteiger partial charge in [0.05, 0.1) is 18.0 Å². The lowest BCUT2D eigenvalue weighted by Crippen LogP contribution is -2.46. The number of piperidine rings is 1. The van der Waals surface area contributed by atoms with Crippen molar-refractivity contribution in [1.82, 2.24) is 19.8 Å². The Balaban J connectivity index is 1.30. The van der Waals surface area contributed by atoms with E-state index in [1.54, 1.807) is 66.4 Å². The number of amides is 2. The Morgan fingerprint density at radius 1 is 1.12 bits per heavy atom. The third-order valence-corrected chi connectivity index (χ3v) is 6.18. The molecule has 1 aromatic heterocycles. The maximum absolute atomic E-state index is 12.9. The maximum atomic E-state index is 12.9. The number of para-hydroxylation sites is 1. The fraction of sp³-hybridized carbons (Fsp3) is 0.360. The van der Waals surface area contributed by atoms with Gasteiger partial charge in [-0.3, -0.25) is 9.59 Å². The van der Waals surface area contributed by atoms with Crippen LogP contribution in [0.25, 0.3) is 10.9 Å². The van der Waals surface area contributed by atoms with Crippen molar-refractivity contribution in [1.29, 1.82) is 0 Å². The molecule has 1 saturated heterocycles. The average molecular weight is 449 g/mol. The van der Waals surface area contributed by atoms with Crippen LogP contribution in [0.5, 0.6) is 5.75 Å². The van der Waals surface area contributed by atoms with Crippen molar-refractivity contribution in [3.8, 4) is 5.75 Å². The van der Waals surface area contributed by atoms with Gasteiger partial charge in [0, 0.05) is 44.6 Å². The van der Waals surface area contributed by atoms with E-state index < -0.39 is 0 Å². The Labute approximate surface area is 192 Å². The molecule has 2 heterocycles. The van der Waals surface area contributed by atoms with Gasteiger partial charge >= 0.3 is 6.03 Å². The first-order chi connectivity index (χ1) is 16.0. The quantitative estimate of drug-likeness (QED) is 0.585. The molecule has 0 unspecified atom stereocenters. The highest BCUT2D eigenvalue weighted by molar-refractivity contribution is 5.98. The first-order valence-corrected chi connectivity index (χ1v) is 11.1. The molecule has 0 saturated carbocycles. The van der Waals surface area contributed by atoms with Crippen molar-refractivity contribution < 1.29 is 14.3 Å². The zero-order valence-corrected chi connectivity index (χ0v) is 18.9. The highest BCUT2D eigenvalue weighted by Crippen LogP contribution is 2.23. The number of urea groups is 1. The Kier molecular flexibility index (Phi) is 6.72. The number of nitrogens with one attached hydrogen (secondary N) is 1. The first kappa shape index (κ1) is 22.5. The number of rotatable bonds is 6. The minimum atomic E-state index is -0.173. The van der Waals surface area contributed by atoms with Crippen LogP contribution in [0.15, 0.2) is 53.3 Å². The van der Waals surface area contributed by atoms with Crippen molar-refractivity contribution in [2.24, 2.45) is 5.92 Å². The van der Waals surface area contributed by atoms with Crippen molar-refractivity contribution in [3.05, 3.63) is 70.3 Å². The Morgan fingerprint density at radius 3 is 2.52 bits per heavy atom. The molecule has 0 radical (unpaired) electrons. The van der Waals surface area contributed by atoms with Gasteiger partial charge in [-0.1, -0.05) is 12.1 Å². The number of carbonyl (C=O) groups is 2. The molecule has 2 aromatic carbocycles. The van der Waals surface area contributed by atoms with Gasteiger partial charge in [0.25, 0.3) is 5.56 Å². The van der Waals surface area contributed by atoms with E-state index in [-0.39, 0.29) is 23.3 Å². The van der Waals surface area contributed by atoms with Crippen molar-refractivity contribution in [2.45, 2.75) is 19.3 Å². The van der Waals surface area contributed by atoms with Crippen molar-refractivity contribution in [3.63, 3.8) is 0 Å². The van der Waals surface area contributed by atoms with E-state index >= 15 is 0 Å². The van der Waals surface area contributed by atoms with Crippen LogP contribution in [0.3, 0.4) is 0 Å². The lowest BCUT2D eigenvalue weighted by atomic mass is 9.89. The van der Waals surface area contributed by atoms with Crippen molar-refractivity contribution >= 4 is 22.7 Å². The first-order valence-electron chi connectivity index (χ1n) is 11.1. The van der Waals surface area contributed by atoms with Gasteiger partial charge in [0.1, 0.15) is 11.6 Å². The molecule has 172 valence electrons. The summed E-state index contributed by atoms with van der Waals surface area (Å²) in [6.45, 7) is 1.52. The number of H-pyrrole nitrogens is 1. The van der Waals surface area contributed by atoms with E-state index in [2.05, 4.69) is 9.97 Å². The number of hydrogen-bond acceptors (Lipinski definition) is 5. The number of aromatic nitrogens is 2. The number of ether oxygens (including phenoxy) is 1. The minimum absolute atomic E-state index is 0.0755. The molecule has 8 nitrogen and oxygen atoms in total. The summed E-state index contributed by atoms with van der Waals surface area (Å²) in [6, 6.07) is 14.3. The van der Waals surface area contributed by atoms with E-state index in [0.29, 0.717) is 61.2 Å². The summed E-state index contributed by atoms with van der Waals surface area (Å²) in [4.78, 5) is 48.6. The molecule has 2 amide bonds. The second kappa shape index (κ2) is 9.85. The van der Waals surface area contributed by atoms with E-state index in [1.807, 2.05) is 6.07 Å². The molecule has 0 atom stereocenters. The number of ketones is 1. The number of fused-ring (bicyclic) bond motifs is 1. The third-order valence-electron chi connectivity index (χ3n) is 6.18. The molecule has 8 heteroatoms. The van der Waals surface area contributed by atoms with Crippen LogP contribution in [-0.4, -0.2) is 65.4 Å². The van der Waals surface area contributed by atoms with Crippen LogP contribution in [0.2, 0.25) is 0 Å². The number of likely N-dealkylation sites (N-methyl/N-ethyl adjacent to an activating group) is 1. The number of likely N-dealkylation sites (tertiary alicyclic amines) is 1. The van der Waals surface area contributed by atoms with Crippen LogP contribution in [-0.2, 0) is 6.42 Å². The predicted octanol–water partition coefficient (Wildman–Crippen LogP) is 3.12. The smallest absolute Gasteiger partial charge is 0.319 e. The normalized spacial score (nSPS) is 14.3. The highest BCUT2D eigenvalue weighted by Gasteiger charge is 2.29. The zero-order chi connectivity index (χ0) is 23.4. The minimum Gasteiger partial charge on any atom is -0.497 e. The molecule has 1 aliphatic heterocycles. The number of benzene rings is 2. The molecule has 4 rings (SSSR count). The summed E-state index contributed by atoms with van der Waals surface area (Å²) in [5.41, 5.74) is 1.15. The molecular formula is C25H28N4O4. The summed E-state index contributed by atoms with van der Waals surface area (Å²) in [5, 5.41) is 0.553. The molecule has 0 aliphatic carbocycles. The molecule has 1 N–H and O–H groups in total. The molecule has 0 spiro atoms. The van der Waals surface area contributed by atoms with E-state index in [1.165, 1.54) is 0 Å². The Hall–Kier alpha value is -3.68. The van der Waals surface area contributed by atoms with E-state index in [4.69, 9.17) is 4.74 Å². The molecule has 1 fully saturated rings. The number of Topliss-reactive ketones (excluding diaryl/α,β-unsaturated/α-hetero) is 1. The Morgan fingerprint density at radius 2 is 1.82 bits per heavy atom.